The molecule has 0 heterocycles. The van der Waals surface area contributed by atoms with Gasteiger partial charge in [0.2, 0.25) is 0 Å². The van der Waals surface area contributed by atoms with Crippen LogP contribution < -0.4 is 0 Å². The molecule has 0 aromatic carbocycles. The highest BCUT2D eigenvalue weighted by Crippen LogP contribution is 2.34. The Morgan fingerprint density at radius 3 is 1.29 bits per heavy atom. The van der Waals surface area contributed by atoms with Crippen LogP contribution in [0.5, 0.6) is 0 Å². The molecule has 0 aliphatic carbocycles. The second-order valence-electron chi connectivity index (χ2n) is 4.33. The van der Waals surface area contributed by atoms with Gasteiger partial charge in [-0.3, -0.25) is 9.59 Å². The summed E-state index contributed by atoms with van der Waals surface area (Å²) in [6.45, 7) is 1.65. The maximum absolute atomic E-state index is 12.3. The Labute approximate surface area is 117 Å². The first-order chi connectivity index (χ1) is 9.25. The Hall–Kier alpha value is -1.26. The molecule has 0 amide bonds. The zero-order chi connectivity index (χ0) is 16.9. The van der Waals surface area contributed by atoms with Gasteiger partial charge in [-0.2, -0.15) is 26.3 Å². The molecule has 0 aromatic rings. The second kappa shape index (κ2) is 7.14. The van der Waals surface area contributed by atoms with Crippen molar-refractivity contribution in [1.82, 2.24) is 0 Å². The van der Waals surface area contributed by atoms with Crippen LogP contribution >= 0.6 is 0 Å². The molecule has 0 aliphatic heterocycles. The molecule has 0 aliphatic rings. The lowest BCUT2D eigenvalue weighted by Gasteiger charge is -2.29. The summed E-state index contributed by atoms with van der Waals surface area (Å²) in [6.07, 6.45) is -12.3. The number of carbonyl (C=O) groups excluding carboxylic acids is 2. The molecule has 0 rings (SSSR count). The molecule has 0 saturated carbocycles. The monoisotopic (exact) mass is 340 g/mol. The van der Waals surface area contributed by atoms with Gasteiger partial charge in [0.15, 0.2) is 0 Å². The summed E-state index contributed by atoms with van der Waals surface area (Å²) in [5.74, 6) is -2.18. The Morgan fingerprint density at radius 1 is 0.810 bits per heavy atom. The van der Waals surface area contributed by atoms with Crippen molar-refractivity contribution in [3.05, 3.63) is 0 Å². The Morgan fingerprint density at radius 2 is 1.10 bits per heavy atom. The molecule has 0 aromatic heterocycles. The van der Waals surface area contributed by atoms with Crippen molar-refractivity contribution < 1.29 is 44.8 Å². The number of hydrogen-bond donors (Lipinski definition) is 0. The molecule has 124 valence electrons. The van der Waals surface area contributed by atoms with Crippen LogP contribution in [0.25, 0.3) is 0 Å². The van der Waals surface area contributed by atoms with Crippen LogP contribution in [0, 0.1) is 0 Å². The highest BCUT2D eigenvalue weighted by Gasteiger charge is 2.49. The number of alkyl halides is 6. The van der Waals surface area contributed by atoms with E-state index in [1.807, 2.05) is 0 Å². The van der Waals surface area contributed by atoms with E-state index in [0.29, 0.717) is 0 Å². The first kappa shape index (κ1) is 19.7. The molecule has 0 saturated heterocycles. The lowest BCUT2D eigenvalue weighted by Crippen LogP contribution is -2.46. The quantitative estimate of drug-likeness (QED) is 0.549. The van der Waals surface area contributed by atoms with Crippen molar-refractivity contribution in [3.8, 4) is 0 Å². The number of halogens is 6. The number of carbonyl (C=O) groups is 2. The third-order valence-corrected chi connectivity index (χ3v) is 5.58. The molecule has 0 bridgehead atoms. The maximum atomic E-state index is 12.3. The average molecular weight is 340 g/mol. The predicted octanol–water partition coefficient (Wildman–Crippen LogP) is 3.46. The molecular weight excluding hydrogens is 326 g/mol. The Balaban J connectivity index is 5.20. The normalized spacial score (nSPS) is 13.0. The van der Waals surface area contributed by atoms with Gasteiger partial charge >= 0.3 is 20.9 Å². The van der Waals surface area contributed by atoms with Gasteiger partial charge in [0.1, 0.15) is 0 Å². The molecule has 0 unspecified atom stereocenters. The molecular formula is C10H14F6O4Si. The highest BCUT2D eigenvalue weighted by molar-refractivity contribution is 6.70. The van der Waals surface area contributed by atoms with Crippen molar-refractivity contribution in [2.24, 2.45) is 0 Å². The molecule has 4 nitrogen and oxygen atoms in total. The Kier molecular flexibility index (Phi) is 6.71. The third kappa shape index (κ3) is 10.2. The van der Waals surface area contributed by atoms with Gasteiger partial charge in [-0.1, -0.05) is 0 Å². The fourth-order valence-electron chi connectivity index (χ4n) is 1.54. The summed E-state index contributed by atoms with van der Waals surface area (Å²) in [5, 5.41) is 0. The lowest BCUT2D eigenvalue weighted by atomic mass is 10.5. The van der Waals surface area contributed by atoms with E-state index in [9.17, 15) is 35.9 Å². The first-order valence-electron chi connectivity index (χ1n) is 5.77. The van der Waals surface area contributed by atoms with Gasteiger partial charge in [-0.05, 0) is 0 Å². The lowest BCUT2D eigenvalue weighted by molar-refractivity contribution is -0.145. The van der Waals surface area contributed by atoms with Crippen molar-refractivity contribution >= 4 is 20.5 Å². The summed E-state index contributed by atoms with van der Waals surface area (Å²) in [4.78, 5) is 21.9. The van der Waals surface area contributed by atoms with E-state index in [2.05, 4.69) is 8.85 Å². The van der Waals surface area contributed by atoms with Crippen molar-refractivity contribution in [3.63, 3.8) is 0 Å². The van der Waals surface area contributed by atoms with Crippen molar-refractivity contribution in [2.75, 3.05) is 0 Å². The van der Waals surface area contributed by atoms with Crippen LogP contribution in [0.4, 0.5) is 26.3 Å². The molecule has 11 heteroatoms. The zero-order valence-electron chi connectivity index (χ0n) is 11.2. The van der Waals surface area contributed by atoms with E-state index in [1.54, 1.807) is 0 Å². The van der Waals surface area contributed by atoms with E-state index in [4.69, 9.17) is 0 Å². The van der Waals surface area contributed by atoms with Gasteiger partial charge in [-0.25, -0.2) is 0 Å². The van der Waals surface area contributed by atoms with E-state index < -0.39 is 57.8 Å². The third-order valence-electron chi connectivity index (χ3n) is 2.24. The molecule has 0 fully saturated rings. The summed E-state index contributed by atoms with van der Waals surface area (Å²) < 4.78 is 82.7. The van der Waals surface area contributed by atoms with Gasteiger partial charge in [0.05, 0.1) is 0 Å². The molecule has 0 N–H and O–H groups in total. The van der Waals surface area contributed by atoms with E-state index in [1.165, 1.54) is 0 Å². The molecule has 0 atom stereocenters. The van der Waals surface area contributed by atoms with E-state index >= 15 is 0 Å². The topological polar surface area (TPSA) is 52.6 Å². The fourth-order valence-corrected chi connectivity index (χ4v) is 4.61. The van der Waals surface area contributed by atoms with E-state index in [0.717, 1.165) is 13.8 Å². The predicted molar refractivity (Wildman–Crippen MR) is 60.2 cm³/mol. The van der Waals surface area contributed by atoms with Gasteiger partial charge in [-0.15, -0.1) is 0 Å². The van der Waals surface area contributed by atoms with Crippen LogP contribution in [0.3, 0.4) is 0 Å². The Bertz CT molecular complexity index is 343. The van der Waals surface area contributed by atoms with Crippen molar-refractivity contribution in [2.45, 2.75) is 51.1 Å². The van der Waals surface area contributed by atoms with Crippen molar-refractivity contribution in [1.29, 1.82) is 0 Å². The minimum absolute atomic E-state index is 0.826. The fraction of sp³-hybridized carbons (Fsp3) is 0.800. The summed E-state index contributed by atoms with van der Waals surface area (Å²) in [5.41, 5.74) is 0. The summed E-state index contributed by atoms with van der Waals surface area (Å²) in [7, 11) is -4.28. The highest BCUT2D eigenvalue weighted by atomic mass is 28.4. The number of hydrogen-bond acceptors (Lipinski definition) is 4. The first-order valence-corrected chi connectivity index (χ1v) is 8.00. The minimum Gasteiger partial charge on any atom is -0.485 e. The summed E-state index contributed by atoms with van der Waals surface area (Å²) >= 11 is 0. The van der Waals surface area contributed by atoms with Gasteiger partial charge < -0.3 is 8.85 Å². The minimum atomic E-state index is -4.67. The molecule has 0 spiro atoms. The van der Waals surface area contributed by atoms with Crippen LogP contribution in [0.15, 0.2) is 0 Å². The zero-order valence-corrected chi connectivity index (χ0v) is 12.2. The van der Waals surface area contributed by atoms with Crippen LogP contribution in [0.1, 0.15) is 26.7 Å². The van der Waals surface area contributed by atoms with Crippen LogP contribution in [-0.4, -0.2) is 32.9 Å². The average Bonchev–Trinajstić information content (AvgIpc) is 2.20. The van der Waals surface area contributed by atoms with E-state index in [-0.39, 0.29) is 0 Å². The maximum Gasteiger partial charge on any atom is 0.464 e. The van der Waals surface area contributed by atoms with Crippen LogP contribution in [0.2, 0.25) is 12.1 Å². The standard InChI is InChI=1S/C10H14F6O4Si/c1-7(17)19-21(20-8(2)18,5-3-9(11,12)13)6-4-10(14,15)16/h3-6H2,1-2H3. The number of rotatable bonds is 6. The molecule has 21 heavy (non-hydrogen) atoms. The van der Waals surface area contributed by atoms with Crippen LogP contribution in [-0.2, 0) is 18.4 Å². The summed E-state index contributed by atoms with van der Waals surface area (Å²) in [6, 6.07) is -1.93. The second-order valence-corrected chi connectivity index (χ2v) is 7.56. The molecule has 0 radical (unpaired) electrons. The SMILES string of the molecule is CC(=O)O[Si](CCC(F)(F)F)(CCC(F)(F)F)OC(C)=O. The smallest absolute Gasteiger partial charge is 0.464 e. The largest absolute Gasteiger partial charge is 0.485 e. The van der Waals surface area contributed by atoms with Gasteiger partial charge in [0.25, 0.3) is 11.9 Å². The van der Waals surface area contributed by atoms with Gasteiger partial charge in [0, 0.05) is 38.8 Å².